The topological polar surface area (TPSA) is 93.7 Å². The Balaban J connectivity index is 1.30. The monoisotopic (exact) mass is 520 g/mol. The van der Waals surface area contributed by atoms with Crippen LogP contribution < -0.4 is 10.6 Å². The number of rotatable bonds is 8. The molecule has 0 saturated carbocycles. The molecule has 4 aromatic rings. The first-order valence-corrected chi connectivity index (χ1v) is 12.7. The number of carbonyl (C=O) groups excluding carboxylic acids is 3. The van der Waals surface area contributed by atoms with Gasteiger partial charge in [0.25, 0.3) is 0 Å². The highest BCUT2D eigenvalue weighted by Gasteiger charge is 2.30. The molecule has 0 fully saturated rings. The van der Waals surface area contributed by atoms with Gasteiger partial charge in [0.15, 0.2) is 0 Å². The Morgan fingerprint density at radius 2 is 1.44 bits per heavy atom. The second kappa shape index (κ2) is 11.6. The number of esters is 1. The Bertz CT molecular complexity index is 1460. The molecule has 0 radical (unpaired) electrons. The number of carbonyl (C=O) groups is 3. The highest BCUT2D eigenvalue weighted by atomic mass is 16.5. The molecule has 0 saturated heterocycles. The molecule has 4 aromatic carbocycles. The van der Waals surface area contributed by atoms with Gasteiger partial charge >= 0.3 is 12.1 Å². The lowest BCUT2D eigenvalue weighted by atomic mass is 9.98. The molecule has 7 heteroatoms. The third-order valence-corrected chi connectivity index (χ3v) is 6.79. The van der Waals surface area contributed by atoms with E-state index in [0.29, 0.717) is 11.3 Å². The Morgan fingerprint density at radius 3 is 2.10 bits per heavy atom. The molecule has 0 unspecified atom stereocenters. The van der Waals surface area contributed by atoms with E-state index in [1.165, 1.54) is 13.2 Å². The summed E-state index contributed by atoms with van der Waals surface area (Å²) in [5.41, 5.74) is 6.08. The predicted octanol–water partition coefficient (Wildman–Crippen LogP) is 5.56. The van der Waals surface area contributed by atoms with Gasteiger partial charge < -0.3 is 20.1 Å². The van der Waals surface area contributed by atoms with Gasteiger partial charge in [-0.25, -0.2) is 9.59 Å². The number of benzene rings is 4. The molecule has 0 bridgehead atoms. The van der Waals surface area contributed by atoms with E-state index in [0.717, 1.165) is 27.8 Å². The number of hydrogen-bond donors (Lipinski definition) is 2. The van der Waals surface area contributed by atoms with E-state index in [1.54, 1.807) is 18.2 Å². The van der Waals surface area contributed by atoms with Crippen LogP contribution in [0.25, 0.3) is 11.1 Å². The second-order valence-electron chi connectivity index (χ2n) is 9.27. The Kier molecular flexibility index (Phi) is 7.68. The molecule has 2 amide bonds. The molecule has 1 atom stereocenters. The number of amides is 2. The number of hydrogen-bond acceptors (Lipinski definition) is 5. The second-order valence-corrected chi connectivity index (χ2v) is 9.27. The number of methoxy groups -OCH3 is 1. The fourth-order valence-corrected chi connectivity index (χ4v) is 4.91. The molecule has 196 valence electrons. The van der Waals surface area contributed by atoms with Crippen LogP contribution >= 0.6 is 0 Å². The fraction of sp³-hybridized carbons (Fsp3) is 0.156. The molecule has 1 aliphatic carbocycles. The summed E-state index contributed by atoms with van der Waals surface area (Å²) >= 11 is 0. The summed E-state index contributed by atoms with van der Waals surface area (Å²) in [4.78, 5) is 38.2. The summed E-state index contributed by atoms with van der Waals surface area (Å²) in [6.45, 7) is 0.140. The largest absolute Gasteiger partial charge is 0.465 e. The first-order valence-electron chi connectivity index (χ1n) is 12.7. The average molecular weight is 521 g/mol. The summed E-state index contributed by atoms with van der Waals surface area (Å²) in [5, 5.41) is 5.53. The number of alkyl carbamates (subject to hydrolysis) is 1. The third kappa shape index (κ3) is 5.83. The van der Waals surface area contributed by atoms with Crippen LogP contribution in [0.5, 0.6) is 0 Å². The van der Waals surface area contributed by atoms with Crippen molar-refractivity contribution in [1.29, 1.82) is 0 Å². The number of fused-ring (bicyclic) bond motifs is 3. The standard InChI is InChI=1S/C32H28N2O5/c1-38-31(36)22-12-9-13-23(19-22)33-30(35)29(18-21-10-3-2-4-11-21)34-32(37)39-20-28-26-16-7-5-14-24(26)25-15-6-8-17-27(25)28/h2-17,19,28-29H,18,20H2,1H3,(H,33,35)(H,34,37)/t29-/m0/s1. The highest BCUT2D eigenvalue weighted by Crippen LogP contribution is 2.44. The van der Waals surface area contributed by atoms with Gasteiger partial charge in [-0.1, -0.05) is 84.9 Å². The summed E-state index contributed by atoms with van der Waals surface area (Å²) in [7, 11) is 1.29. The van der Waals surface area contributed by atoms with Crippen LogP contribution in [0, 0.1) is 0 Å². The normalized spacial score (nSPS) is 12.5. The summed E-state index contributed by atoms with van der Waals surface area (Å²) < 4.78 is 10.4. The lowest BCUT2D eigenvalue weighted by molar-refractivity contribution is -0.118. The van der Waals surface area contributed by atoms with E-state index in [1.807, 2.05) is 54.6 Å². The Hall–Kier alpha value is -4.91. The van der Waals surface area contributed by atoms with Gasteiger partial charge in [-0.15, -0.1) is 0 Å². The number of anilines is 1. The number of ether oxygens (including phenoxy) is 2. The molecule has 39 heavy (non-hydrogen) atoms. The van der Waals surface area contributed by atoms with Crippen LogP contribution in [0.15, 0.2) is 103 Å². The quantitative estimate of drug-likeness (QED) is 0.297. The molecule has 0 heterocycles. The molecular formula is C32H28N2O5. The van der Waals surface area contributed by atoms with Crippen LogP contribution in [0.3, 0.4) is 0 Å². The lowest BCUT2D eigenvalue weighted by Gasteiger charge is -2.20. The zero-order chi connectivity index (χ0) is 27.2. The Labute approximate surface area is 226 Å². The van der Waals surface area contributed by atoms with Crippen molar-refractivity contribution in [2.45, 2.75) is 18.4 Å². The first kappa shape index (κ1) is 25.7. The molecule has 0 aliphatic heterocycles. The van der Waals surface area contributed by atoms with E-state index >= 15 is 0 Å². The van der Waals surface area contributed by atoms with E-state index in [2.05, 4.69) is 34.9 Å². The van der Waals surface area contributed by atoms with Crippen molar-refractivity contribution < 1.29 is 23.9 Å². The van der Waals surface area contributed by atoms with Crippen molar-refractivity contribution in [2.75, 3.05) is 19.0 Å². The third-order valence-electron chi connectivity index (χ3n) is 6.79. The zero-order valence-electron chi connectivity index (χ0n) is 21.4. The summed E-state index contributed by atoms with van der Waals surface area (Å²) in [6, 6.07) is 31.1. The Morgan fingerprint density at radius 1 is 0.795 bits per heavy atom. The molecule has 1 aliphatic rings. The van der Waals surface area contributed by atoms with E-state index < -0.39 is 24.0 Å². The van der Waals surface area contributed by atoms with Gasteiger partial charge in [-0.3, -0.25) is 4.79 Å². The minimum Gasteiger partial charge on any atom is -0.465 e. The molecule has 7 nitrogen and oxygen atoms in total. The summed E-state index contributed by atoms with van der Waals surface area (Å²) in [5.74, 6) is -1.04. The molecule has 2 N–H and O–H groups in total. The summed E-state index contributed by atoms with van der Waals surface area (Å²) in [6.07, 6.45) is -0.427. The molecule has 5 rings (SSSR count). The minimum atomic E-state index is -0.912. The van der Waals surface area contributed by atoms with Gasteiger partial charge in [-0.05, 0) is 46.0 Å². The molecular weight excluding hydrogens is 492 g/mol. The van der Waals surface area contributed by atoms with Gasteiger partial charge in [0, 0.05) is 18.0 Å². The fourth-order valence-electron chi connectivity index (χ4n) is 4.91. The van der Waals surface area contributed by atoms with Crippen molar-refractivity contribution in [1.82, 2.24) is 5.32 Å². The zero-order valence-corrected chi connectivity index (χ0v) is 21.4. The number of nitrogens with one attached hydrogen (secondary N) is 2. The minimum absolute atomic E-state index is 0.0920. The van der Waals surface area contributed by atoms with E-state index in [4.69, 9.17) is 9.47 Å². The van der Waals surface area contributed by atoms with Crippen molar-refractivity contribution in [3.8, 4) is 11.1 Å². The lowest BCUT2D eigenvalue weighted by Crippen LogP contribution is -2.45. The highest BCUT2D eigenvalue weighted by molar-refractivity contribution is 5.98. The average Bonchev–Trinajstić information content (AvgIpc) is 3.29. The van der Waals surface area contributed by atoms with Crippen LogP contribution in [-0.2, 0) is 20.7 Å². The van der Waals surface area contributed by atoms with Crippen LogP contribution in [0.1, 0.15) is 33.0 Å². The molecule has 0 spiro atoms. The maximum absolute atomic E-state index is 13.3. The van der Waals surface area contributed by atoms with Crippen LogP contribution in [0.4, 0.5) is 10.5 Å². The van der Waals surface area contributed by atoms with Crippen molar-refractivity contribution in [2.24, 2.45) is 0 Å². The maximum Gasteiger partial charge on any atom is 0.407 e. The van der Waals surface area contributed by atoms with Crippen LogP contribution in [-0.4, -0.2) is 37.7 Å². The van der Waals surface area contributed by atoms with Gasteiger partial charge in [0.2, 0.25) is 5.91 Å². The molecule has 0 aromatic heterocycles. The van der Waals surface area contributed by atoms with Gasteiger partial charge in [-0.2, -0.15) is 0 Å². The first-order chi connectivity index (χ1) is 19.0. The van der Waals surface area contributed by atoms with Gasteiger partial charge in [0.1, 0.15) is 12.6 Å². The van der Waals surface area contributed by atoms with E-state index in [9.17, 15) is 14.4 Å². The van der Waals surface area contributed by atoms with E-state index in [-0.39, 0.29) is 18.9 Å². The predicted molar refractivity (Wildman–Crippen MR) is 149 cm³/mol. The van der Waals surface area contributed by atoms with Crippen molar-refractivity contribution in [3.05, 3.63) is 125 Å². The smallest absolute Gasteiger partial charge is 0.407 e. The SMILES string of the molecule is COC(=O)c1cccc(NC(=O)[C@H](Cc2ccccc2)NC(=O)OCC2c3ccccc3-c3ccccc32)c1. The van der Waals surface area contributed by atoms with Crippen molar-refractivity contribution >= 4 is 23.7 Å². The van der Waals surface area contributed by atoms with Crippen molar-refractivity contribution in [3.63, 3.8) is 0 Å². The van der Waals surface area contributed by atoms with Gasteiger partial charge in [0.05, 0.1) is 12.7 Å². The van der Waals surface area contributed by atoms with Crippen LogP contribution in [0.2, 0.25) is 0 Å². The maximum atomic E-state index is 13.3.